The topological polar surface area (TPSA) is 228 Å². The number of nitrogens with zero attached hydrogens (tertiary/aromatic N) is 6. The number of allylic oxidation sites excluding steroid dienone is 16. The molecule has 19 nitrogen and oxygen atoms in total. The van der Waals surface area contributed by atoms with E-state index in [1.165, 1.54) is 139 Å². The molecule has 2 fully saturated rings. The molecule has 0 atom stereocenters. The normalized spacial score (nSPS) is 18.9. The van der Waals surface area contributed by atoms with Gasteiger partial charge in [0, 0.05) is 119 Å². The number of hydrogen-bond donors (Lipinski definition) is 2. The van der Waals surface area contributed by atoms with Gasteiger partial charge in [-0.2, -0.15) is 4.58 Å². The molecule has 0 bridgehead atoms. The lowest BCUT2D eigenvalue weighted by atomic mass is 9.81. The summed E-state index contributed by atoms with van der Waals surface area (Å²) < 4.78 is 101. The monoisotopic (exact) mass is 2040 g/mol. The summed E-state index contributed by atoms with van der Waals surface area (Å²) in [6.45, 7) is 46.0. The number of anilines is 3. The van der Waals surface area contributed by atoms with Crippen molar-refractivity contribution in [3.05, 3.63) is 278 Å². The first-order chi connectivity index (χ1) is 64.3. The van der Waals surface area contributed by atoms with Crippen LogP contribution in [0.3, 0.4) is 0 Å². The summed E-state index contributed by atoms with van der Waals surface area (Å²) in [7, 11) is -9.86. The SMILES string of the molecule is C.CCCCCCCN1C(=CC=C2CCCC(C=CC3=[N+](CCCCCCC)c4ccccc4C3(C)C)=C2S(=O)(=O)c2ccccc2)C(C)(C)c2ccccc21.CC[NH+](CC)CC.CC[NH+](CC)CC.CN1C(=O)C(=C2C(=CC=C3N(CCCCS(=O)(=O)[O-])c4c(ccc5ccccc45)C3(C)C)CCC2=CC=C2N(CCCCS(=O)(=O)[O-])c3c(ccc4ccccc34)C2(C)C)C(=O)N(C)C1=O.[I-]. The summed E-state index contributed by atoms with van der Waals surface area (Å²) in [5.41, 5.74) is 15.8. The molecule has 5 heterocycles. The molecule has 0 unspecified atom stereocenters. The third kappa shape index (κ3) is 25.6. The molecule has 2 N–H and O–H groups in total. The predicted octanol–water partition coefficient (Wildman–Crippen LogP) is 18.9. The molecule has 0 aromatic heterocycles. The number of carbonyl (C=O) groups excluding carboxylic acids is 3. The van der Waals surface area contributed by atoms with Crippen LogP contribution >= 0.6 is 0 Å². The molecule has 1 saturated heterocycles. The quantitative estimate of drug-likeness (QED) is 0.00941. The third-order valence-corrected chi connectivity index (χ3v) is 32.4. The van der Waals surface area contributed by atoms with Crippen LogP contribution in [-0.4, -0.2) is 163 Å². The highest BCUT2D eigenvalue weighted by atomic mass is 127. The van der Waals surface area contributed by atoms with E-state index in [0.29, 0.717) is 54.1 Å². The lowest BCUT2D eigenvalue weighted by molar-refractivity contribution is -0.894. The van der Waals surface area contributed by atoms with Gasteiger partial charge < -0.3 is 57.6 Å². The van der Waals surface area contributed by atoms with E-state index >= 15 is 0 Å². The van der Waals surface area contributed by atoms with Gasteiger partial charge in [-0.15, -0.1) is 0 Å². The zero-order valence-corrected chi connectivity index (χ0v) is 88.9. The number of nitrogens with one attached hydrogen (secondary N) is 2. The third-order valence-electron chi connectivity index (χ3n) is 28.9. The Hall–Kier alpha value is -9.18. The van der Waals surface area contributed by atoms with Crippen molar-refractivity contribution in [2.24, 2.45) is 0 Å². The van der Waals surface area contributed by atoms with Crippen LogP contribution in [0.5, 0.6) is 0 Å². The maximum absolute atomic E-state index is 14.8. The summed E-state index contributed by atoms with van der Waals surface area (Å²) in [6.07, 6.45) is 33.6. The van der Waals surface area contributed by atoms with Gasteiger partial charge in [0.2, 0.25) is 15.5 Å². The Balaban J connectivity index is 0.000000269. The molecular weight excluding hydrogens is 1880 g/mol. The van der Waals surface area contributed by atoms with Crippen LogP contribution in [0.2, 0.25) is 0 Å². The van der Waals surface area contributed by atoms with Crippen LogP contribution in [0.4, 0.5) is 27.5 Å². The van der Waals surface area contributed by atoms with Crippen LogP contribution in [0.1, 0.15) is 262 Å². The number of barbiturate groups is 1. The Morgan fingerprint density at radius 1 is 0.401 bits per heavy atom. The number of amides is 4. The molecule has 23 heteroatoms. The number of urea groups is 1. The molecule has 2 aliphatic carbocycles. The summed E-state index contributed by atoms with van der Waals surface area (Å²) in [5.74, 6) is -2.34. The Kier molecular flexibility index (Phi) is 40.1. The zero-order valence-electron chi connectivity index (χ0n) is 84.2. The van der Waals surface area contributed by atoms with Gasteiger partial charge in [0.1, 0.15) is 12.1 Å². The van der Waals surface area contributed by atoms with Crippen LogP contribution in [0.25, 0.3) is 21.5 Å². The Labute approximate surface area is 838 Å². The molecule has 1 saturated carbocycles. The maximum atomic E-state index is 14.8. The van der Waals surface area contributed by atoms with Gasteiger partial charge in [0.05, 0.1) is 86.1 Å². The van der Waals surface area contributed by atoms with Crippen LogP contribution in [0.15, 0.2) is 261 Å². The number of unbranched alkanes of at least 4 members (excludes halogenated alkanes) is 10. The standard InChI is InChI=1S/C51H56N4O9S2.C50H65N2O2S.2C6H15N.CH4.HI/c1-50(2)39-25-21-33-15-7-9-17-37(33)45(39)54(29-11-13-31-65(59,60)61)41(50)27-23-35-19-20-36(43(35)44-47(56)52(5)49(58)53(6)48(44)57)24-28-42-51(3,4)40-26-22-34-16-8-10-18-38(34)46(40)55(42)30-12-14-32-66(62,63)64;1-7-9-11-13-22-37-51-44-31-20-18-29-42(44)49(3,4)46(51)35-33-39-25-24-26-40(48(39)55(53,54)41-27-16-15-17-28-41)34-36-47-50(5,6)43-30-19-21-32-45(43)52(47)38-23-14-12-10-8-2;2*1-4-7(5-2)6-3;;/h7-10,15-18,21-28H,11-14,19-20,29-32H2,1-6H3,(H,59,60,61)(H,62,63,64);15-21,27-36H,7-14,22-26,37-38H2,1-6H3;2*4-6H2,1-3H3;1H4;1H/q;+1;;;;/p-1. The Morgan fingerprint density at radius 3 is 1.28 bits per heavy atom. The summed E-state index contributed by atoms with van der Waals surface area (Å²) >= 11 is 0. The minimum absolute atomic E-state index is 0. The largest absolute Gasteiger partial charge is 1.00 e. The van der Waals surface area contributed by atoms with Crippen LogP contribution in [-0.2, 0) is 61.3 Å². The van der Waals surface area contributed by atoms with E-state index in [0.717, 1.165) is 133 Å². The van der Waals surface area contributed by atoms with E-state index in [1.54, 1.807) is 21.9 Å². The fourth-order valence-electron chi connectivity index (χ4n) is 20.9. The number of quaternary nitrogens is 2. The molecule has 0 spiro atoms. The van der Waals surface area contributed by atoms with Gasteiger partial charge in [0.15, 0.2) is 5.71 Å². The first-order valence-corrected chi connectivity index (χ1v) is 54.5. The number of fused-ring (bicyclic) bond motifs is 8. The summed E-state index contributed by atoms with van der Waals surface area (Å²) in [4.78, 5) is 54.3. The van der Waals surface area contributed by atoms with Crippen molar-refractivity contribution < 1.29 is 87.1 Å². The fourth-order valence-corrected chi connectivity index (χ4v) is 23.8. The number of halogens is 1. The van der Waals surface area contributed by atoms with Crippen LogP contribution in [0, 0.1) is 0 Å². The maximum Gasteiger partial charge on any atom is 0.333 e. The second-order valence-electron chi connectivity index (χ2n) is 39.1. The van der Waals surface area contributed by atoms with Gasteiger partial charge in [0.25, 0.3) is 11.8 Å². The Bertz CT molecular complexity index is 5920. The molecule has 7 aromatic carbocycles. The molecule has 7 aliphatic rings. The molecule has 7 aromatic rings. The number of para-hydroxylation sites is 2. The predicted molar refractivity (Wildman–Crippen MR) is 561 cm³/mol. The van der Waals surface area contributed by atoms with Gasteiger partial charge >= 0.3 is 6.03 Å². The molecular formula is C114H155IN8O11S3. The van der Waals surface area contributed by atoms with Crippen molar-refractivity contribution >= 4 is 97.9 Å². The van der Waals surface area contributed by atoms with Gasteiger partial charge in [-0.25, -0.2) is 30.0 Å². The number of sulfone groups is 1. The summed E-state index contributed by atoms with van der Waals surface area (Å²) in [5, 5.41) is 4.14. The van der Waals surface area contributed by atoms with E-state index in [1.807, 2.05) is 78.9 Å². The smallest absolute Gasteiger partial charge is 0.333 e. The lowest BCUT2D eigenvalue weighted by Crippen LogP contribution is -3.11. The number of carbonyl (C=O) groups is 3. The number of hydrogen-bond acceptors (Lipinski definition) is 14. The lowest BCUT2D eigenvalue weighted by Gasteiger charge is -2.30. The van der Waals surface area contributed by atoms with Crippen molar-refractivity contribution in [1.29, 1.82) is 0 Å². The molecule has 14 rings (SSSR count). The van der Waals surface area contributed by atoms with Crippen molar-refractivity contribution in [3.8, 4) is 0 Å². The second kappa shape index (κ2) is 49.3. The highest BCUT2D eigenvalue weighted by Gasteiger charge is 2.48. The van der Waals surface area contributed by atoms with Gasteiger partial charge in [-0.05, 0) is 218 Å². The van der Waals surface area contributed by atoms with Crippen molar-refractivity contribution in [1.82, 2.24) is 9.80 Å². The number of rotatable bonds is 35. The molecule has 0 radical (unpaired) electrons. The van der Waals surface area contributed by atoms with E-state index in [9.17, 15) is 48.7 Å². The van der Waals surface area contributed by atoms with Gasteiger partial charge in [-0.1, -0.05) is 259 Å². The fraction of sp³-hybridized carbons (Fsp3) is 0.474. The number of likely N-dealkylation sites (N-methyl/N-ethyl adjacent to an activating group) is 2. The highest BCUT2D eigenvalue weighted by Crippen LogP contribution is 2.55. The average Bonchev–Trinajstić information content (AvgIpc) is 1.58. The van der Waals surface area contributed by atoms with Gasteiger partial charge in [-0.3, -0.25) is 19.4 Å². The average molecular weight is 2040 g/mol. The first-order valence-electron chi connectivity index (χ1n) is 49.9. The minimum Gasteiger partial charge on any atom is -1.00 e. The van der Waals surface area contributed by atoms with E-state index in [-0.39, 0.29) is 60.6 Å². The second-order valence-corrected chi connectivity index (χ2v) is 44.1. The molecule has 137 heavy (non-hydrogen) atoms. The highest BCUT2D eigenvalue weighted by molar-refractivity contribution is 7.95. The zero-order chi connectivity index (χ0) is 98.0. The summed E-state index contributed by atoms with van der Waals surface area (Å²) in [6, 6.07) is 50.4. The minimum atomic E-state index is -4.39. The number of benzene rings is 7. The van der Waals surface area contributed by atoms with Crippen molar-refractivity contribution in [3.63, 3.8) is 0 Å². The van der Waals surface area contributed by atoms with Crippen LogP contribution < -0.4 is 48.5 Å². The van der Waals surface area contributed by atoms with E-state index in [2.05, 4.69) is 239 Å². The Morgan fingerprint density at radius 2 is 0.810 bits per heavy atom. The van der Waals surface area contributed by atoms with Crippen molar-refractivity contribution in [2.75, 3.05) is 106 Å². The van der Waals surface area contributed by atoms with E-state index < -0.39 is 70.3 Å². The first kappa shape index (κ1) is 111. The molecule has 4 amide bonds. The molecule has 5 aliphatic heterocycles. The van der Waals surface area contributed by atoms with E-state index in [4.69, 9.17) is 0 Å². The molecule has 742 valence electrons. The number of imide groups is 2. The van der Waals surface area contributed by atoms with Crippen molar-refractivity contribution in [2.45, 2.75) is 267 Å².